The van der Waals surface area contributed by atoms with E-state index >= 15 is 0 Å². The molecule has 0 fully saturated rings. The number of hydrogen-bond acceptors (Lipinski definition) is 4. The van der Waals surface area contributed by atoms with Crippen LogP contribution < -0.4 is 10.7 Å². The zero-order valence-electron chi connectivity index (χ0n) is 16.8. The molecular formula is C22H21F2N3O3. The topological polar surface area (TPSA) is 73.2 Å². The highest BCUT2D eigenvalue weighted by atomic mass is 19.2. The quantitative estimate of drug-likeness (QED) is 0.686. The molecule has 3 rings (SSSR count). The van der Waals surface area contributed by atoms with E-state index < -0.39 is 23.3 Å². The fourth-order valence-electron chi connectivity index (χ4n) is 2.71. The molecular weight excluding hydrogens is 392 g/mol. The molecule has 1 heterocycles. The molecule has 1 amide bonds. The van der Waals surface area contributed by atoms with Crippen LogP contribution in [0.2, 0.25) is 0 Å². The van der Waals surface area contributed by atoms with Gasteiger partial charge in [-0.1, -0.05) is 12.1 Å². The van der Waals surface area contributed by atoms with Gasteiger partial charge in [0, 0.05) is 30.4 Å². The minimum Gasteiger partial charge on any atom is -0.444 e. The van der Waals surface area contributed by atoms with Crippen molar-refractivity contribution in [2.24, 2.45) is 0 Å². The lowest BCUT2D eigenvalue weighted by atomic mass is 10.1. The van der Waals surface area contributed by atoms with Crippen LogP contribution in [0.1, 0.15) is 32.0 Å². The molecule has 6 nitrogen and oxygen atoms in total. The summed E-state index contributed by atoms with van der Waals surface area (Å²) in [5.74, 6) is -1.97. The molecule has 156 valence electrons. The Morgan fingerprint density at radius 1 is 1.10 bits per heavy atom. The van der Waals surface area contributed by atoms with E-state index in [0.717, 1.165) is 17.7 Å². The van der Waals surface area contributed by atoms with Gasteiger partial charge in [-0.3, -0.25) is 10.1 Å². The van der Waals surface area contributed by atoms with Gasteiger partial charge in [-0.2, -0.15) is 5.10 Å². The Bertz CT molecular complexity index is 1140. The fourth-order valence-corrected chi connectivity index (χ4v) is 2.71. The van der Waals surface area contributed by atoms with E-state index in [4.69, 9.17) is 4.74 Å². The summed E-state index contributed by atoms with van der Waals surface area (Å²) in [5.41, 5.74) is 0.835. The first kappa shape index (κ1) is 21.2. The molecule has 0 saturated carbocycles. The normalized spacial score (nSPS) is 11.2. The smallest absolute Gasteiger partial charge is 0.412 e. The number of nitrogens with one attached hydrogen (secondary N) is 1. The zero-order chi connectivity index (χ0) is 21.9. The number of carbonyl (C=O) groups is 1. The van der Waals surface area contributed by atoms with E-state index in [2.05, 4.69) is 10.4 Å². The third kappa shape index (κ3) is 5.50. The number of rotatable bonds is 4. The first-order valence-corrected chi connectivity index (χ1v) is 9.24. The lowest BCUT2D eigenvalue weighted by Crippen LogP contribution is -2.27. The van der Waals surface area contributed by atoms with Crippen molar-refractivity contribution in [2.75, 3.05) is 5.32 Å². The van der Waals surface area contributed by atoms with Gasteiger partial charge in [0.05, 0.1) is 5.69 Å². The Hall–Kier alpha value is -3.55. The number of aromatic nitrogens is 2. The van der Waals surface area contributed by atoms with Gasteiger partial charge in [0.2, 0.25) is 5.43 Å². The summed E-state index contributed by atoms with van der Waals surface area (Å²) in [6.07, 6.45) is 0.991. The van der Waals surface area contributed by atoms with Crippen molar-refractivity contribution < 1.29 is 18.3 Å². The van der Waals surface area contributed by atoms with Gasteiger partial charge in [-0.15, -0.1) is 0 Å². The van der Waals surface area contributed by atoms with Gasteiger partial charge >= 0.3 is 6.09 Å². The first-order chi connectivity index (χ1) is 14.1. The van der Waals surface area contributed by atoms with Crippen LogP contribution in [0, 0.1) is 11.6 Å². The summed E-state index contributed by atoms with van der Waals surface area (Å²) in [7, 11) is 0. The van der Waals surface area contributed by atoms with Gasteiger partial charge < -0.3 is 4.74 Å². The summed E-state index contributed by atoms with van der Waals surface area (Å²) in [6.45, 7) is 5.30. The van der Waals surface area contributed by atoms with Gasteiger partial charge in [0.15, 0.2) is 11.6 Å². The van der Waals surface area contributed by atoms with Crippen LogP contribution >= 0.6 is 0 Å². The fraction of sp³-hybridized carbons (Fsp3) is 0.227. The van der Waals surface area contributed by atoms with Crippen molar-refractivity contribution in [2.45, 2.75) is 32.8 Å². The second-order valence-electron chi connectivity index (χ2n) is 7.67. The second-order valence-corrected chi connectivity index (χ2v) is 7.67. The standard InChI is InChI=1S/C22H21F2N3O3/c1-22(2,3)30-21(29)25-15-6-4-5-14(11-15)12-19-20(28)9-10-27(26-19)16-7-8-17(23)18(24)13-16/h4-11,13H,12H2,1-3H3,(H,25,29). The summed E-state index contributed by atoms with van der Waals surface area (Å²) in [6, 6.07) is 11.6. The number of carbonyl (C=O) groups excluding carboxylic acids is 1. The minimum absolute atomic E-state index is 0.188. The molecule has 3 aromatic rings. The Morgan fingerprint density at radius 3 is 2.57 bits per heavy atom. The molecule has 0 spiro atoms. The van der Waals surface area contributed by atoms with Crippen LogP contribution in [0.15, 0.2) is 59.5 Å². The van der Waals surface area contributed by atoms with Crippen molar-refractivity contribution >= 4 is 11.8 Å². The summed E-state index contributed by atoms with van der Waals surface area (Å²) in [4.78, 5) is 24.2. The average Bonchev–Trinajstić information content (AvgIpc) is 2.64. The Balaban J connectivity index is 1.82. The predicted molar refractivity (Wildman–Crippen MR) is 109 cm³/mol. The third-order valence-corrected chi connectivity index (χ3v) is 3.99. The van der Waals surface area contributed by atoms with Crippen LogP contribution in [0.5, 0.6) is 0 Å². The van der Waals surface area contributed by atoms with Gasteiger partial charge in [-0.25, -0.2) is 18.3 Å². The minimum atomic E-state index is -1.00. The van der Waals surface area contributed by atoms with Crippen LogP contribution in [-0.2, 0) is 11.2 Å². The molecule has 0 saturated heterocycles. The monoisotopic (exact) mass is 413 g/mol. The largest absolute Gasteiger partial charge is 0.444 e. The number of halogens is 2. The molecule has 1 N–H and O–H groups in total. The summed E-state index contributed by atoms with van der Waals surface area (Å²) < 4.78 is 33.2. The number of anilines is 1. The highest BCUT2D eigenvalue weighted by Crippen LogP contribution is 2.16. The van der Waals surface area contributed by atoms with E-state index in [1.807, 2.05) is 0 Å². The Morgan fingerprint density at radius 2 is 1.87 bits per heavy atom. The van der Waals surface area contributed by atoms with Crippen molar-refractivity contribution in [3.8, 4) is 5.69 Å². The zero-order valence-corrected chi connectivity index (χ0v) is 16.8. The number of benzene rings is 2. The molecule has 8 heteroatoms. The van der Waals surface area contributed by atoms with Crippen molar-refractivity contribution in [1.82, 2.24) is 9.78 Å². The van der Waals surface area contributed by atoms with Gasteiger partial charge in [0.25, 0.3) is 0 Å². The van der Waals surface area contributed by atoms with Crippen molar-refractivity contribution in [1.29, 1.82) is 0 Å². The highest BCUT2D eigenvalue weighted by molar-refractivity contribution is 5.84. The molecule has 0 bridgehead atoms. The summed E-state index contributed by atoms with van der Waals surface area (Å²) >= 11 is 0. The SMILES string of the molecule is CC(C)(C)OC(=O)Nc1cccc(Cc2nn(-c3ccc(F)c(F)c3)ccc2=O)c1. The molecule has 0 aliphatic carbocycles. The van der Waals surface area contributed by atoms with E-state index in [9.17, 15) is 18.4 Å². The molecule has 30 heavy (non-hydrogen) atoms. The Kier molecular flexibility index (Phi) is 5.96. The molecule has 2 aromatic carbocycles. The van der Waals surface area contributed by atoms with E-state index in [1.165, 1.54) is 23.0 Å². The molecule has 0 atom stereocenters. The second kappa shape index (κ2) is 8.44. The van der Waals surface area contributed by atoms with Gasteiger partial charge in [0.1, 0.15) is 11.3 Å². The third-order valence-electron chi connectivity index (χ3n) is 3.99. The Labute approximate surface area is 172 Å². The van der Waals surface area contributed by atoms with Crippen LogP contribution in [0.4, 0.5) is 19.3 Å². The molecule has 0 aliphatic rings. The van der Waals surface area contributed by atoms with E-state index in [-0.39, 0.29) is 23.2 Å². The summed E-state index contributed by atoms with van der Waals surface area (Å²) in [5, 5.41) is 6.90. The maximum atomic E-state index is 13.5. The van der Waals surface area contributed by atoms with E-state index in [0.29, 0.717) is 5.69 Å². The number of amides is 1. The maximum absolute atomic E-state index is 13.5. The highest BCUT2D eigenvalue weighted by Gasteiger charge is 2.16. The molecule has 0 radical (unpaired) electrons. The van der Waals surface area contributed by atoms with Crippen molar-refractivity contribution in [3.05, 3.63) is 87.8 Å². The van der Waals surface area contributed by atoms with Crippen LogP contribution in [0.25, 0.3) is 5.69 Å². The maximum Gasteiger partial charge on any atom is 0.412 e. The lowest BCUT2D eigenvalue weighted by Gasteiger charge is -2.19. The molecule has 0 aliphatic heterocycles. The van der Waals surface area contributed by atoms with E-state index in [1.54, 1.807) is 45.0 Å². The molecule has 0 unspecified atom stereocenters. The first-order valence-electron chi connectivity index (χ1n) is 9.24. The predicted octanol–water partition coefficient (Wildman–Crippen LogP) is 4.45. The number of ether oxygens (including phenoxy) is 1. The number of nitrogens with zero attached hydrogens (tertiary/aromatic N) is 2. The average molecular weight is 413 g/mol. The van der Waals surface area contributed by atoms with Crippen LogP contribution in [-0.4, -0.2) is 21.5 Å². The van der Waals surface area contributed by atoms with Crippen LogP contribution in [0.3, 0.4) is 0 Å². The molecule has 1 aromatic heterocycles. The van der Waals surface area contributed by atoms with Crippen molar-refractivity contribution in [3.63, 3.8) is 0 Å². The number of hydrogen-bond donors (Lipinski definition) is 1. The van der Waals surface area contributed by atoms with Gasteiger partial charge in [-0.05, 0) is 50.6 Å². The lowest BCUT2D eigenvalue weighted by molar-refractivity contribution is 0.0636.